The van der Waals surface area contributed by atoms with Crippen LogP contribution in [-0.4, -0.2) is 73.4 Å². The maximum atomic E-state index is 13.0. The molecule has 8 nitrogen and oxygen atoms in total. The van der Waals surface area contributed by atoms with E-state index in [1.807, 2.05) is 27.2 Å². The molecular weight excluding hydrogens is 996 g/mol. The Bertz CT molecular complexity index is 1380. The quantitative estimate of drug-likeness (QED) is 0.0243. The summed E-state index contributed by atoms with van der Waals surface area (Å²) in [5.41, 5.74) is 0. The third-order valence-electron chi connectivity index (χ3n) is 16.1. The summed E-state index contributed by atoms with van der Waals surface area (Å²) in [5.74, 6) is -0.181. The zero-order chi connectivity index (χ0) is 57.7. The van der Waals surface area contributed by atoms with Crippen LogP contribution in [0.3, 0.4) is 0 Å². The highest BCUT2D eigenvalue weighted by Crippen LogP contribution is 2.43. The molecule has 0 aliphatic heterocycles. The summed E-state index contributed by atoms with van der Waals surface area (Å²) in [6, 6.07) is -0.863. The number of phosphoric acid groups is 1. The van der Waals surface area contributed by atoms with Crippen molar-refractivity contribution in [2.24, 2.45) is 0 Å². The molecular formula is C70H138N2O6P+. The third kappa shape index (κ3) is 64.1. The van der Waals surface area contributed by atoms with Gasteiger partial charge in [0.15, 0.2) is 0 Å². The van der Waals surface area contributed by atoms with Crippen molar-refractivity contribution in [2.45, 2.75) is 366 Å². The van der Waals surface area contributed by atoms with Gasteiger partial charge in [0.1, 0.15) is 13.2 Å². The first-order chi connectivity index (χ1) is 38.5. The van der Waals surface area contributed by atoms with Gasteiger partial charge in [-0.15, -0.1) is 0 Å². The van der Waals surface area contributed by atoms with E-state index in [-0.39, 0.29) is 19.1 Å². The van der Waals surface area contributed by atoms with E-state index < -0.39 is 20.0 Å². The average Bonchev–Trinajstić information content (AvgIpc) is 3.42. The fraction of sp³-hybridized carbons (Fsp3) is 0.900. The van der Waals surface area contributed by atoms with Crippen molar-refractivity contribution in [2.75, 3.05) is 40.9 Å². The highest BCUT2D eigenvalue weighted by atomic mass is 31.2. The normalized spacial score (nSPS) is 13.9. The summed E-state index contributed by atoms with van der Waals surface area (Å²) in [6.07, 6.45) is 81.7. The maximum Gasteiger partial charge on any atom is 0.472 e. The number of amides is 1. The van der Waals surface area contributed by atoms with Crippen LogP contribution in [0.4, 0.5) is 0 Å². The minimum absolute atomic E-state index is 0.0577. The molecule has 0 bridgehead atoms. The zero-order valence-corrected chi connectivity index (χ0v) is 54.5. The zero-order valence-electron chi connectivity index (χ0n) is 53.6. The lowest BCUT2D eigenvalue weighted by Crippen LogP contribution is -2.45. The van der Waals surface area contributed by atoms with Gasteiger partial charge >= 0.3 is 7.82 Å². The van der Waals surface area contributed by atoms with E-state index in [4.69, 9.17) is 9.05 Å². The van der Waals surface area contributed by atoms with Crippen molar-refractivity contribution in [1.82, 2.24) is 5.32 Å². The van der Waals surface area contributed by atoms with Gasteiger partial charge in [-0.05, 0) is 57.8 Å². The molecule has 0 spiro atoms. The summed E-state index contributed by atoms with van der Waals surface area (Å²) in [6.45, 7) is 4.84. The second kappa shape index (κ2) is 61.3. The molecule has 468 valence electrons. The molecule has 0 saturated carbocycles. The number of likely N-dealkylation sites (N-methyl/N-ethyl adjacent to an activating group) is 1. The van der Waals surface area contributed by atoms with Gasteiger partial charge in [0.2, 0.25) is 5.91 Å². The van der Waals surface area contributed by atoms with Crippen LogP contribution >= 0.6 is 7.82 Å². The van der Waals surface area contributed by atoms with Crippen LogP contribution in [0, 0.1) is 0 Å². The fourth-order valence-corrected chi connectivity index (χ4v) is 11.4. The fourth-order valence-electron chi connectivity index (χ4n) is 10.6. The van der Waals surface area contributed by atoms with E-state index in [2.05, 4.69) is 43.5 Å². The predicted octanol–water partition coefficient (Wildman–Crippen LogP) is 22.1. The number of unbranched alkanes of at least 4 members (excludes halogenated alkanes) is 48. The number of nitrogens with one attached hydrogen (secondary N) is 1. The number of phosphoric ester groups is 1. The summed E-state index contributed by atoms with van der Waals surface area (Å²) in [7, 11) is 1.57. The Kier molecular flexibility index (Phi) is 60.3. The Morgan fingerprint density at radius 2 is 0.696 bits per heavy atom. The Labute approximate surface area is 493 Å². The molecule has 0 saturated heterocycles. The highest BCUT2D eigenvalue weighted by Gasteiger charge is 2.28. The van der Waals surface area contributed by atoms with Crippen LogP contribution < -0.4 is 5.32 Å². The van der Waals surface area contributed by atoms with Gasteiger partial charge in [-0.1, -0.05) is 326 Å². The maximum absolute atomic E-state index is 13.0. The molecule has 0 aliphatic carbocycles. The number of rotatable bonds is 65. The number of aliphatic hydroxyl groups is 1. The van der Waals surface area contributed by atoms with Gasteiger partial charge in [0.05, 0.1) is 39.9 Å². The summed E-state index contributed by atoms with van der Waals surface area (Å²) >= 11 is 0. The lowest BCUT2D eigenvalue weighted by molar-refractivity contribution is -0.870. The lowest BCUT2D eigenvalue weighted by Gasteiger charge is -2.25. The number of quaternary nitrogens is 1. The molecule has 1 amide bonds. The molecule has 3 atom stereocenters. The molecule has 0 aromatic heterocycles. The van der Waals surface area contributed by atoms with Gasteiger partial charge in [0, 0.05) is 6.42 Å². The number of hydrogen-bond donors (Lipinski definition) is 3. The van der Waals surface area contributed by atoms with E-state index >= 15 is 0 Å². The van der Waals surface area contributed by atoms with Crippen LogP contribution in [0.1, 0.15) is 354 Å². The molecule has 0 radical (unpaired) electrons. The monoisotopic (exact) mass is 1130 g/mol. The van der Waals surface area contributed by atoms with E-state index in [1.165, 1.54) is 295 Å². The van der Waals surface area contributed by atoms with Crippen molar-refractivity contribution in [1.29, 1.82) is 0 Å². The number of aliphatic hydroxyl groups excluding tert-OH is 1. The first-order valence-electron chi connectivity index (χ1n) is 34.9. The molecule has 3 unspecified atom stereocenters. The van der Waals surface area contributed by atoms with Crippen LogP contribution in [-0.2, 0) is 18.4 Å². The standard InChI is InChI=1S/C70H137N2O6P/c1-6-8-10-12-14-16-18-20-22-24-26-27-28-29-30-31-32-33-34-35-36-37-38-39-40-41-42-43-44-45-46-48-50-52-54-56-58-60-62-64-70(74)71-68(67-78-79(75,76)77-66-65-72(3,4)5)69(73)63-61-59-57-55-53-51-49-47-25-23-21-19-17-15-13-11-9-7-2/h35-36,53,55,61,63,68-69,73H,6-34,37-52,54,56-60,62,64-67H2,1-5H3,(H-,71,74,75,76)/p+1/b36-35-,55-53+,63-61+. The Balaban J connectivity index is 3.94. The van der Waals surface area contributed by atoms with E-state index in [0.29, 0.717) is 17.4 Å². The Morgan fingerprint density at radius 3 is 1.01 bits per heavy atom. The molecule has 0 heterocycles. The molecule has 0 rings (SSSR count). The van der Waals surface area contributed by atoms with E-state index in [1.54, 1.807) is 6.08 Å². The molecule has 9 heteroatoms. The van der Waals surface area contributed by atoms with Crippen molar-refractivity contribution in [3.63, 3.8) is 0 Å². The van der Waals surface area contributed by atoms with E-state index in [0.717, 1.165) is 38.5 Å². The molecule has 0 fully saturated rings. The van der Waals surface area contributed by atoms with Gasteiger partial charge in [-0.2, -0.15) is 0 Å². The smallest absolute Gasteiger partial charge is 0.387 e. The number of allylic oxidation sites excluding steroid dienone is 5. The van der Waals surface area contributed by atoms with Crippen molar-refractivity contribution in [3.8, 4) is 0 Å². The molecule has 0 aromatic carbocycles. The highest BCUT2D eigenvalue weighted by molar-refractivity contribution is 7.47. The van der Waals surface area contributed by atoms with Crippen molar-refractivity contribution >= 4 is 13.7 Å². The first kappa shape index (κ1) is 77.7. The van der Waals surface area contributed by atoms with E-state index in [9.17, 15) is 19.4 Å². The average molecular weight is 1130 g/mol. The summed E-state index contributed by atoms with van der Waals surface area (Å²) in [4.78, 5) is 23.4. The Hall–Kier alpha value is -1.28. The van der Waals surface area contributed by atoms with Gasteiger partial charge in [0.25, 0.3) is 0 Å². The van der Waals surface area contributed by atoms with Gasteiger partial charge in [-0.25, -0.2) is 4.57 Å². The number of carbonyl (C=O) groups is 1. The lowest BCUT2D eigenvalue weighted by atomic mass is 10.0. The first-order valence-corrected chi connectivity index (χ1v) is 36.4. The number of carbonyl (C=O) groups excluding carboxylic acids is 1. The third-order valence-corrected chi connectivity index (χ3v) is 17.1. The minimum atomic E-state index is -4.36. The number of hydrogen-bond acceptors (Lipinski definition) is 5. The number of nitrogens with zero attached hydrogens (tertiary/aromatic N) is 1. The summed E-state index contributed by atoms with van der Waals surface area (Å²) < 4.78 is 23.8. The van der Waals surface area contributed by atoms with Crippen LogP contribution in [0.5, 0.6) is 0 Å². The largest absolute Gasteiger partial charge is 0.472 e. The Morgan fingerprint density at radius 1 is 0.418 bits per heavy atom. The van der Waals surface area contributed by atoms with Crippen LogP contribution in [0.25, 0.3) is 0 Å². The van der Waals surface area contributed by atoms with Crippen LogP contribution in [0.2, 0.25) is 0 Å². The topological polar surface area (TPSA) is 105 Å². The molecule has 0 aliphatic rings. The van der Waals surface area contributed by atoms with Crippen LogP contribution in [0.15, 0.2) is 36.5 Å². The second-order valence-electron chi connectivity index (χ2n) is 25.3. The summed E-state index contributed by atoms with van der Waals surface area (Å²) in [5, 5.41) is 13.9. The molecule has 3 N–H and O–H groups in total. The van der Waals surface area contributed by atoms with Crippen molar-refractivity contribution < 1.29 is 32.9 Å². The second-order valence-corrected chi connectivity index (χ2v) is 26.7. The van der Waals surface area contributed by atoms with Gasteiger partial charge < -0.3 is 19.8 Å². The minimum Gasteiger partial charge on any atom is -0.387 e. The molecule has 79 heavy (non-hydrogen) atoms. The van der Waals surface area contributed by atoms with Crippen molar-refractivity contribution in [3.05, 3.63) is 36.5 Å². The van der Waals surface area contributed by atoms with Gasteiger partial charge in [-0.3, -0.25) is 13.8 Å². The molecule has 0 aromatic rings. The predicted molar refractivity (Wildman–Crippen MR) is 346 cm³/mol. The SMILES string of the molecule is CCCCCCCCCCCCCC/C=C/CC/C=C/C(O)C(COP(=O)(O)OCC[N+](C)(C)C)NC(=O)CCCCCCCCCCCCCCCCCCC/C=C\CCCCCCCCCCCCCCCCCCCC.